The van der Waals surface area contributed by atoms with Crippen LogP contribution in [0.15, 0.2) is 0 Å². The zero-order chi connectivity index (χ0) is 9.71. The fourth-order valence-corrected chi connectivity index (χ4v) is 4.47. The Hall–Kier alpha value is 0.250. The van der Waals surface area contributed by atoms with Gasteiger partial charge in [0.15, 0.2) is 0 Å². The van der Waals surface area contributed by atoms with E-state index in [0.29, 0.717) is 5.38 Å². The third-order valence-electron chi connectivity index (χ3n) is 4.72. The van der Waals surface area contributed by atoms with Crippen LogP contribution in [0.1, 0.15) is 26.2 Å². The van der Waals surface area contributed by atoms with E-state index in [1.165, 1.54) is 25.9 Å². The van der Waals surface area contributed by atoms with Crippen molar-refractivity contribution < 1.29 is 0 Å². The molecule has 0 N–H and O–H groups in total. The third kappa shape index (κ3) is 1.40. The second-order valence-electron chi connectivity index (χ2n) is 5.66. The Kier molecular flexibility index (Phi) is 2.29. The average molecular weight is 214 g/mol. The molecular formula is C12H20ClN. The molecule has 2 saturated carbocycles. The molecule has 0 amide bonds. The smallest absolute Gasteiger partial charge is 0.0435 e. The lowest BCUT2D eigenvalue weighted by Crippen LogP contribution is -2.28. The topological polar surface area (TPSA) is 3.24 Å². The molecule has 3 rings (SSSR count). The van der Waals surface area contributed by atoms with Crippen molar-refractivity contribution in [3.05, 3.63) is 0 Å². The molecule has 5 atom stereocenters. The summed E-state index contributed by atoms with van der Waals surface area (Å²) in [6.45, 7) is 5.92. The SMILES string of the molecule is C[C@@H](Cl)CN1C[C@H]2[C@@H]3CC[C@@H](C3)[C@@H]2C1. The van der Waals surface area contributed by atoms with Crippen LogP contribution in [0.5, 0.6) is 0 Å². The van der Waals surface area contributed by atoms with Crippen molar-refractivity contribution in [2.75, 3.05) is 19.6 Å². The maximum absolute atomic E-state index is 6.06. The molecule has 14 heavy (non-hydrogen) atoms. The molecule has 3 fully saturated rings. The minimum Gasteiger partial charge on any atom is -0.301 e. The van der Waals surface area contributed by atoms with Crippen LogP contribution in [0.25, 0.3) is 0 Å². The van der Waals surface area contributed by atoms with Gasteiger partial charge < -0.3 is 4.90 Å². The molecule has 0 spiro atoms. The lowest BCUT2D eigenvalue weighted by atomic mass is 9.82. The standard InChI is InChI=1S/C12H20ClN/c1-8(13)5-14-6-11-9-2-3-10(4-9)12(11)7-14/h8-12H,2-7H2,1H3/t8-,9-,10+,11+,12+/m1/s1. The Morgan fingerprint density at radius 2 is 1.79 bits per heavy atom. The van der Waals surface area contributed by atoms with E-state index < -0.39 is 0 Å². The highest BCUT2D eigenvalue weighted by atomic mass is 35.5. The summed E-state index contributed by atoms with van der Waals surface area (Å²) in [7, 11) is 0. The highest BCUT2D eigenvalue weighted by molar-refractivity contribution is 6.20. The minimum absolute atomic E-state index is 0.325. The zero-order valence-electron chi connectivity index (χ0n) is 8.95. The number of hydrogen-bond acceptors (Lipinski definition) is 1. The summed E-state index contributed by atoms with van der Waals surface area (Å²) in [6, 6.07) is 0. The summed E-state index contributed by atoms with van der Waals surface area (Å²) in [6.07, 6.45) is 4.60. The molecule has 2 aliphatic carbocycles. The molecule has 0 unspecified atom stereocenters. The van der Waals surface area contributed by atoms with E-state index in [9.17, 15) is 0 Å². The summed E-state index contributed by atoms with van der Waals surface area (Å²) in [5.74, 6) is 4.26. The molecule has 80 valence electrons. The van der Waals surface area contributed by atoms with E-state index in [1.807, 2.05) is 0 Å². The molecule has 3 aliphatic rings. The van der Waals surface area contributed by atoms with Gasteiger partial charge in [-0.15, -0.1) is 11.6 Å². The van der Waals surface area contributed by atoms with Gasteiger partial charge in [0, 0.05) is 25.0 Å². The van der Waals surface area contributed by atoms with Gasteiger partial charge in [-0.2, -0.15) is 0 Å². The largest absolute Gasteiger partial charge is 0.301 e. The first-order valence-corrected chi connectivity index (χ1v) is 6.54. The van der Waals surface area contributed by atoms with Gasteiger partial charge >= 0.3 is 0 Å². The van der Waals surface area contributed by atoms with Gasteiger partial charge in [-0.3, -0.25) is 0 Å². The lowest BCUT2D eigenvalue weighted by Gasteiger charge is -2.22. The molecule has 1 heterocycles. The monoisotopic (exact) mass is 213 g/mol. The summed E-state index contributed by atoms with van der Waals surface area (Å²) in [4.78, 5) is 2.61. The van der Waals surface area contributed by atoms with Crippen molar-refractivity contribution in [1.29, 1.82) is 0 Å². The van der Waals surface area contributed by atoms with E-state index in [1.54, 1.807) is 6.42 Å². The Bertz CT molecular complexity index is 210. The predicted molar refractivity (Wildman–Crippen MR) is 59.6 cm³/mol. The molecule has 1 nitrogen and oxygen atoms in total. The number of alkyl halides is 1. The molecule has 1 aliphatic heterocycles. The normalized spacial score (nSPS) is 48.4. The molecule has 1 saturated heterocycles. The number of nitrogens with zero attached hydrogens (tertiary/aromatic N) is 1. The zero-order valence-corrected chi connectivity index (χ0v) is 9.71. The van der Waals surface area contributed by atoms with E-state index in [0.717, 1.165) is 30.2 Å². The van der Waals surface area contributed by atoms with Crippen LogP contribution in [0.3, 0.4) is 0 Å². The highest BCUT2D eigenvalue weighted by Crippen LogP contribution is 2.55. The molecule has 0 aromatic rings. The molecule has 2 heteroatoms. The van der Waals surface area contributed by atoms with E-state index >= 15 is 0 Å². The van der Waals surface area contributed by atoms with Gasteiger partial charge in [0.2, 0.25) is 0 Å². The fourth-order valence-electron chi connectivity index (χ4n) is 4.27. The second kappa shape index (κ2) is 3.38. The number of rotatable bonds is 2. The Labute approximate surface area is 91.8 Å². The first-order valence-electron chi connectivity index (χ1n) is 6.10. The molecule has 0 radical (unpaired) electrons. The minimum atomic E-state index is 0.325. The van der Waals surface area contributed by atoms with Gasteiger partial charge in [0.05, 0.1) is 0 Å². The number of halogens is 1. The lowest BCUT2D eigenvalue weighted by molar-refractivity contribution is 0.281. The van der Waals surface area contributed by atoms with Crippen LogP contribution >= 0.6 is 11.6 Å². The molecular weight excluding hydrogens is 194 g/mol. The van der Waals surface area contributed by atoms with Gasteiger partial charge in [0.1, 0.15) is 0 Å². The molecule has 0 aromatic carbocycles. The Morgan fingerprint density at radius 3 is 2.29 bits per heavy atom. The molecule has 0 aromatic heterocycles. The average Bonchev–Trinajstić information content (AvgIpc) is 2.69. The van der Waals surface area contributed by atoms with Crippen LogP contribution in [0.4, 0.5) is 0 Å². The van der Waals surface area contributed by atoms with Crippen molar-refractivity contribution in [1.82, 2.24) is 4.90 Å². The van der Waals surface area contributed by atoms with Gasteiger partial charge in [-0.25, -0.2) is 0 Å². The summed E-state index contributed by atoms with van der Waals surface area (Å²) >= 11 is 6.06. The van der Waals surface area contributed by atoms with E-state index in [-0.39, 0.29) is 0 Å². The maximum atomic E-state index is 6.06. The van der Waals surface area contributed by atoms with Gasteiger partial charge in [0.25, 0.3) is 0 Å². The van der Waals surface area contributed by atoms with Crippen LogP contribution < -0.4 is 0 Å². The first kappa shape index (κ1) is 9.47. The Morgan fingerprint density at radius 1 is 1.21 bits per heavy atom. The van der Waals surface area contributed by atoms with Crippen molar-refractivity contribution >= 4 is 11.6 Å². The van der Waals surface area contributed by atoms with E-state index in [4.69, 9.17) is 11.6 Å². The van der Waals surface area contributed by atoms with Crippen molar-refractivity contribution in [2.24, 2.45) is 23.7 Å². The fraction of sp³-hybridized carbons (Fsp3) is 1.00. The van der Waals surface area contributed by atoms with Gasteiger partial charge in [-0.1, -0.05) is 0 Å². The Balaban J connectivity index is 1.65. The molecule has 2 bridgehead atoms. The maximum Gasteiger partial charge on any atom is 0.0435 e. The van der Waals surface area contributed by atoms with Crippen molar-refractivity contribution in [3.8, 4) is 0 Å². The summed E-state index contributed by atoms with van der Waals surface area (Å²) < 4.78 is 0. The number of fused-ring (bicyclic) bond motifs is 5. The van der Waals surface area contributed by atoms with Crippen molar-refractivity contribution in [3.63, 3.8) is 0 Å². The van der Waals surface area contributed by atoms with Crippen LogP contribution in [0, 0.1) is 23.7 Å². The van der Waals surface area contributed by atoms with Crippen LogP contribution in [-0.4, -0.2) is 29.9 Å². The second-order valence-corrected chi connectivity index (χ2v) is 6.41. The number of hydrogen-bond donors (Lipinski definition) is 0. The predicted octanol–water partition coefficient (Wildman–Crippen LogP) is 2.59. The third-order valence-corrected chi connectivity index (χ3v) is 4.86. The summed E-state index contributed by atoms with van der Waals surface area (Å²) in [5.41, 5.74) is 0. The van der Waals surface area contributed by atoms with Crippen LogP contribution in [-0.2, 0) is 0 Å². The summed E-state index contributed by atoms with van der Waals surface area (Å²) in [5, 5.41) is 0.325. The highest BCUT2D eigenvalue weighted by Gasteiger charge is 2.51. The van der Waals surface area contributed by atoms with Crippen molar-refractivity contribution in [2.45, 2.75) is 31.6 Å². The van der Waals surface area contributed by atoms with Crippen LogP contribution in [0.2, 0.25) is 0 Å². The van der Waals surface area contributed by atoms with Gasteiger partial charge in [-0.05, 0) is 49.9 Å². The quantitative estimate of drug-likeness (QED) is 0.638. The first-order chi connectivity index (χ1) is 6.74. The number of likely N-dealkylation sites (tertiary alicyclic amines) is 1. The van der Waals surface area contributed by atoms with E-state index in [2.05, 4.69) is 11.8 Å².